The summed E-state index contributed by atoms with van der Waals surface area (Å²) in [6.45, 7) is 3.75. The molecule has 35 heavy (non-hydrogen) atoms. The molecule has 3 aliphatic carbocycles. The van der Waals surface area contributed by atoms with Crippen LogP contribution in [0.3, 0.4) is 0 Å². The Hall–Kier alpha value is -1.48. The van der Waals surface area contributed by atoms with Gasteiger partial charge in [0.15, 0.2) is 17.2 Å². The third kappa shape index (κ3) is 4.24. The molecule has 10 heteroatoms. The molecule has 5 aliphatic rings. The van der Waals surface area contributed by atoms with Crippen LogP contribution in [-0.2, 0) is 9.47 Å². The second kappa shape index (κ2) is 8.82. The summed E-state index contributed by atoms with van der Waals surface area (Å²) in [6.07, 6.45) is -8.28. The highest BCUT2D eigenvalue weighted by atomic mass is 19.4. The molecule has 4 nitrogen and oxygen atoms in total. The smallest absolute Gasteiger partial charge is 0.403 e. The van der Waals surface area contributed by atoms with E-state index in [-0.39, 0.29) is 44.4 Å². The summed E-state index contributed by atoms with van der Waals surface area (Å²) < 4.78 is 100. The van der Waals surface area contributed by atoms with Crippen LogP contribution in [0.15, 0.2) is 9.98 Å². The molecule has 0 N–H and O–H groups in total. The molecule has 0 saturated heterocycles. The predicted molar refractivity (Wildman–Crippen MR) is 118 cm³/mol. The highest BCUT2D eigenvalue weighted by Gasteiger charge is 2.77. The molecule has 0 aromatic rings. The number of ether oxygens (including phenoxy) is 2. The molecular formula is C25H34F6N2O2. The van der Waals surface area contributed by atoms with Crippen molar-refractivity contribution in [3.8, 4) is 0 Å². The third-order valence-corrected chi connectivity index (χ3v) is 9.26. The molecule has 0 aromatic carbocycles. The Balaban J connectivity index is 1.44. The second-order valence-electron chi connectivity index (χ2n) is 11.4. The van der Waals surface area contributed by atoms with E-state index in [0.717, 1.165) is 25.7 Å². The first-order valence-corrected chi connectivity index (χ1v) is 13.0. The number of nitrogens with zero attached hydrogens (tertiary/aromatic N) is 2. The molecular weight excluding hydrogens is 474 g/mol. The van der Waals surface area contributed by atoms with E-state index in [1.54, 1.807) is 6.92 Å². The number of rotatable bonds is 3. The van der Waals surface area contributed by atoms with E-state index in [0.29, 0.717) is 17.7 Å². The Kier molecular flexibility index (Phi) is 6.35. The average molecular weight is 509 g/mol. The van der Waals surface area contributed by atoms with E-state index in [2.05, 4.69) is 16.9 Å². The fraction of sp³-hybridized carbons (Fsp3) is 0.920. The number of halogens is 6. The van der Waals surface area contributed by atoms with Gasteiger partial charge in [0.25, 0.3) is 0 Å². The minimum atomic E-state index is -5.43. The molecule has 0 amide bonds. The highest BCUT2D eigenvalue weighted by molar-refractivity contribution is 5.80. The molecule has 8 atom stereocenters. The largest absolute Gasteiger partial charge is 0.476 e. The van der Waals surface area contributed by atoms with Crippen LogP contribution in [0.25, 0.3) is 0 Å². The Morgan fingerprint density at radius 1 is 0.714 bits per heavy atom. The Morgan fingerprint density at radius 3 is 1.86 bits per heavy atom. The third-order valence-electron chi connectivity index (χ3n) is 9.26. The normalized spacial score (nSPS) is 40.2. The maximum absolute atomic E-state index is 14.8. The summed E-state index contributed by atoms with van der Waals surface area (Å²) in [5.41, 5.74) is -3.78. The monoisotopic (exact) mass is 508 g/mol. The van der Waals surface area contributed by atoms with Gasteiger partial charge < -0.3 is 9.47 Å². The van der Waals surface area contributed by atoms with Crippen LogP contribution in [0.5, 0.6) is 0 Å². The fourth-order valence-corrected chi connectivity index (χ4v) is 7.72. The van der Waals surface area contributed by atoms with Crippen LogP contribution in [0.1, 0.15) is 78.1 Å². The SMILES string of the molecule is CC1=NC2CC(C(C3CCC4OC(C5CCCC(C)C5)=NC4C3)(C(F)(F)F)C(F)(F)F)CCC2O1. The summed E-state index contributed by atoms with van der Waals surface area (Å²) in [7, 11) is 0. The first-order valence-electron chi connectivity index (χ1n) is 13.0. The maximum Gasteiger partial charge on any atom is 0.403 e. The van der Waals surface area contributed by atoms with Gasteiger partial charge in [-0.1, -0.05) is 19.8 Å². The lowest BCUT2D eigenvalue weighted by atomic mass is 9.56. The first kappa shape index (κ1) is 25.2. The van der Waals surface area contributed by atoms with Gasteiger partial charge >= 0.3 is 12.4 Å². The van der Waals surface area contributed by atoms with E-state index >= 15 is 0 Å². The van der Waals surface area contributed by atoms with Crippen molar-refractivity contribution in [2.75, 3.05) is 0 Å². The summed E-state index contributed by atoms with van der Waals surface area (Å²) in [4.78, 5) is 8.84. The van der Waals surface area contributed by atoms with Crippen LogP contribution < -0.4 is 0 Å². The van der Waals surface area contributed by atoms with Crippen LogP contribution in [0.4, 0.5) is 26.3 Å². The van der Waals surface area contributed by atoms with Crippen LogP contribution >= 0.6 is 0 Å². The van der Waals surface area contributed by atoms with Gasteiger partial charge in [0, 0.05) is 12.8 Å². The van der Waals surface area contributed by atoms with Gasteiger partial charge in [0.05, 0.1) is 12.1 Å². The summed E-state index contributed by atoms with van der Waals surface area (Å²) in [5, 5.41) is 0. The van der Waals surface area contributed by atoms with Crippen molar-refractivity contribution in [2.45, 2.75) is 115 Å². The van der Waals surface area contributed by atoms with E-state index in [1.807, 2.05) is 0 Å². The van der Waals surface area contributed by atoms with Crippen molar-refractivity contribution in [2.24, 2.45) is 39.1 Å². The quantitative estimate of drug-likeness (QED) is 0.390. The van der Waals surface area contributed by atoms with Crippen molar-refractivity contribution in [3.63, 3.8) is 0 Å². The lowest BCUT2D eigenvalue weighted by Gasteiger charge is -2.51. The number of fused-ring (bicyclic) bond motifs is 2. The predicted octanol–water partition coefficient (Wildman–Crippen LogP) is 6.88. The summed E-state index contributed by atoms with van der Waals surface area (Å²) in [6, 6.07) is -1.29. The van der Waals surface area contributed by atoms with Crippen LogP contribution in [-0.4, -0.2) is 48.4 Å². The number of hydrogen-bond donors (Lipinski definition) is 0. The average Bonchev–Trinajstić information content (AvgIpc) is 3.34. The van der Waals surface area contributed by atoms with Crippen molar-refractivity contribution in [3.05, 3.63) is 0 Å². The standard InChI is InChI=1S/C25H34F6N2O2/c1-13-4-3-5-15(10-13)22-33-19-12-17(7-9-21(19)35-22)23(24(26,27)28,25(29,30)31)16-6-8-20-18(11-16)32-14(2)34-20/h13,15-21H,3-12H2,1-2H3. The van der Waals surface area contributed by atoms with Gasteiger partial charge in [0.2, 0.25) is 0 Å². The van der Waals surface area contributed by atoms with Gasteiger partial charge in [-0.3, -0.25) is 0 Å². The van der Waals surface area contributed by atoms with Gasteiger partial charge in [-0.05, 0) is 69.1 Å². The van der Waals surface area contributed by atoms with Gasteiger partial charge in [-0.15, -0.1) is 0 Å². The summed E-state index contributed by atoms with van der Waals surface area (Å²) in [5.74, 6) is -1.64. The van der Waals surface area contributed by atoms with Crippen molar-refractivity contribution in [1.29, 1.82) is 0 Å². The minimum absolute atomic E-state index is 0.122. The molecule has 0 spiro atoms. The topological polar surface area (TPSA) is 43.2 Å². The molecule has 3 fully saturated rings. The first-order chi connectivity index (χ1) is 16.4. The van der Waals surface area contributed by atoms with Crippen LogP contribution in [0.2, 0.25) is 0 Å². The van der Waals surface area contributed by atoms with Crippen LogP contribution in [0, 0.1) is 29.1 Å². The molecule has 2 aliphatic heterocycles. The molecule has 5 rings (SSSR count). The molecule has 0 aromatic heterocycles. The molecule has 198 valence electrons. The van der Waals surface area contributed by atoms with Crippen molar-refractivity contribution in [1.82, 2.24) is 0 Å². The fourth-order valence-electron chi connectivity index (χ4n) is 7.72. The van der Waals surface area contributed by atoms with Gasteiger partial charge in [-0.25, -0.2) is 9.98 Å². The maximum atomic E-state index is 14.8. The molecule has 8 unspecified atom stereocenters. The zero-order valence-electron chi connectivity index (χ0n) is 20.2. The Bertz CT molecular complexity index is 855. The van der Waals surface area contributed by atoms with Gasteiger partial charge in [0.1, 0.15) is 12.2 Å². The van der Waals surface area contributed by atoms with E-state index in [4.69, 9.17) is 9.47 Å². The zero-order valence-corrected chi connectivity index (χ0v) is 20.2. The minimum Gasteiger partial charge on any atom is -0.476 e. The molecule has 3 saturated carbocycles. The Morgan fingerprint density at radius 2 is 1.29 bits per heavy atom. The highest BCUT2D eigenvalue weighted by Crippen LogP contribution is 2.65. The van der Waals surface area contributed by atoms with Gasteiger partial charge in [-0.2, -0.15) is 26.3 Å². The van der Waals surface area contributed by atoms with E-state index < -0.39 is 53.9 Å². The lowest BCUT2D eigenvalue weighted by Crippen LogP contribution is -2.62. The molecule has 0 radical (unpaired) electrons. The zero-order chi connectivity index (χ0) is 25.2. The van der Waals surface area contributed by atoms with Crippen molar-refractivity contribution >= 4 is 11.8 Å². The second-order valence-corrected chi connectivity index (χ2v) is 11.4. The van der Waals surface area contributed by atoms with E-state index in [9.17, 15) is 26.3 Å². The molecule has 0 bridgehead atoms. The van der Waals surface area contributed by atoms with Crippen molar-refractivity contribution < 1.29 is 35.8 Å². The summed E-state index contributed by atoms with van der Waals surface area (Å²) >= 11 is 0. The number of aliphatic imine (C=N–C) groups is 2. The number of hydrogen-bond acceptors (Lipinski definition) is 4. The van der Waals surface area contributed by atoms with E-state index in [1.165, 1.54) is 0 Å². The lowest BCUT2D eigenvalue weighted by molar-refractivity contribution is -0.383. The Labute approximate surface area is 201 Å². The number of alkyl halides is 6. The molecule has 2 heterocycles.